The largest absolute Gasteiger partial charge is 0.0654 e. The molecule has 0 unspecified atom stereocenters. The van der Waals surface area contributed by atoms with E-state index in [0.717, 1.165) is 30.1 Å². The number of rotatable bonds is 10. The second-order valence-electron chi connectivity index (χ2n) is 10.2. The lowest BCUT2D eigenvalue weighted by Crippen LogP contribution is -2.18. The second-order valence-corrected chi connectivity index (χ2v) is 10.2. The molecule has 2 aliphatic carbocycles. The van der Waals surface area contributed by atoms with E-state index in [1.165, 1.54) is 82.6 Å². The molecule has 0 atom stereocenters. The van der Waals surface area contributed by atoms with Crippen molar-refractivity contribution in [2.24, 2.45) is 23.7 Å². The molecule has 0 N–H and O–H groups in total. The van der Waals surface area contributed by atoms with E-state index in [-0.39, 0.29) is 0 Å². The lowest BCUT2D eigenvalue weighted by molar-refractivity contribution is 0.209. The Labute approximate surface area is 175 Å². The van der Waals surface area contributed by atoms with E-state index in [1.807, 2.05) is 0 Å². The molecule has 28 heavy (non-hydrogen) atoms. The van der Waals surface area contributed by atoms with E-state index in [0.29, 0.717) is 0 Å². The van der Waals surface area contributed by atoms with Crippen LogP contribution in [0.5, 0.6) is 0 Å². The maximum atomic E-state index is 2.36. The summed E-state index contributed by atoms with van der Waals surface area (Å²) in [6.45, 7) is 4.58. The molecule has 0 amide bonds. The molecule has 158 valence electrons. The van der Waals surface area contributed by atoms with Crippen molar-refractivity contribution in [3.05, 3.63) is 35.4 Å². The van der Waals surface area contributed by atoms with E-state index in [4.69, 9.17) is 0 Å². The Hall–Kier alpha value is -0.780. The number of aryl methyl sites for hydroxylation is 2. The molecule has 0 saturated heterocycles. The van der Waals surface area contributed by atoms with Crippen LogP contribution in [-0.2, 0) is 12.8 Å². The molecule has 0 nitrogen and oxygen atoms in total. The van der Waals surface area contributed by atoms with E-state index in [2.05, 4.69) is 38.1 Å². The van der Waals surface area contributed by atoms with E-state index in [9.17, 15) is 0 Å². The van der Waals surface area contributed by atoms with Gasteiger partial charge in [0.05, 0.1) is 0 Å². The molecular formula is C28H46. The SMILES string of the molecule is CCCCC1CCC(CCC2CCC(CCc3ccc(CC)cc3)CC2)CC1. The topological polar surface area (TPSA) is 0 Å². The van der Waals surface area contributed by atoms with Crippen molar-refractivity contribution in [2.75, 3.05) is 0 Å². The van der Waals surface area contributed by atoms with Crippen LogP contribution >= 0.6 is 0 Å². The van der Waals surface area contributed by atoms with Gasteiger partial charge in [0.1, 0.15) is 0 Å². The highest BCUT2D eigenvalue weighted by Crippen LogP contribution is 2.38. The predicted molar refractivity (Wildman–Crippen MR) is 124 cm³/mol. The van der Waals surface area contributed by atoms with E-state index >= 15 is 0 Å². The first-order chi connectivity index (χ1) is 13.8. The van der Waals surface area contributed by atoms with Crippen molar-refractivity contribution in [3.63, 3.8) is 0 Å². The molecular weight excluding hydrogens is 336 g/mol. The minimum Gasteiger partial charge on any atom is -0.0654 e. The summed E-state index contributed by atoms with van der Waals surface area (Å²) in [5.74, 6) is 4.19. The second kappa shape index (κ2) is 12.0. The summed E-state index contributed by atoms with van der Waals surface area (Å²) in [6, 6.07) is 9.37. The van der Waals surface area contributed by atoms with Crippen LogP contribution in [0.25, 0.3) is 0 Å². The van der Waals surface area contributed by atoms with Crippen molar-refractivity contribution < 1.29 is 0 Å². The summed E-state index contributed by atoms with van der Waals surface area (Å²) in [4.78, 5) is 0. The van der Waals surface area contributed by atoms with Gasteiger partial charge in [-0.2, -0.15) is 0 Å². The first-order valence-electron chi connectivity index (χ1n) is 12.8. The molecule has 1 aromatic rings. The minimum absolute atomic E-state index is 0.996. The average molecular weight is 383 g/mol. The zero-order chi connectivity index (χ0) is 19.6. The Morgan fingerprint density at radius 3 is 1.46 bits per heavy atom. The monoisotopic (exact) mass is 382 g/mol. The third kappa shape index (κ3) is 7.23. The van der Waals surface area contributed by atoms with E-state index in [1.54, 1.807) is 24.8 Å². The molecule has 1 aromatic carbocycles. The Balaban J connectivity index is 1.26. The van der Waals surface area contributed by atoms with Crippen LogP contribution in [0.3, 0.4) is 0 Å². The quantitative estimate of drug-likeness (QED) is 0.379. The number of hydrogen-bond acceptors (Lipinski definition) is 0. The molecule has 2 saturated carbocycles. The van der Waals surface area contributed by atoms with Gasteiger partial charge in [0.15, 0.2) is 0 Å². The molecule has 0 spiro atoms. The van der Waals surface area contributed by atoms with Crippen LogP contribution in [-0.4, -0.2) is 0 Å². The molecule has 0 heteroatoms. The summed E-state index contributed by atoms with van der Waals surface area (Å²) < 4.78 is 0. The highest BCUT2D eigenvalue weighted by atomic mass is 14.3. The molecule has 2 aliphatic rings. The highest BCUT2D eigenvalue weighted by molar-refractivity contribution is 5.22. The van der Waals surface area contributed by atoms with Crippen LogP contribution in [0.2, 0.25) is 0 Å². The first-order valence-corrected chi connectivity index (χ1v) is 12.8. The smallest absolute Gasteiger partial charge is 0.0276 e. The van der Waals surface area contributed by atoms with Gasteiger partial charge in [0, 0.05) is 0 Å². The lowest BCUT2D eigenvalue weighted by Gasteiger charge is -2.32. The first kappa shape index (κ1) is 21.9. The zero-order valence-corrected chi connectivity index (χ0v) is 18.9. The molecule has 0 bridgehead atoms. The van der Waals surface area contributed by atoms with Gasteiger partial charge in [0.25, 0.3) is 0 Å². The van der Waals surface area contributed by atoms with Crippen molar-refractivity contribution in [1.29, 1.82) is 0 Å². The average Bonchev–Trinajstić information content (AvgIpc) is 2.76. The Morgan fingerprint density at radius 2 is 1.00 bits per heavy atom. The summed E-state index contributed by atoms with van der Waals surface area (Å²) in [6.07, 6.45) is 23.5. The van der Waals surface area contributed by atoms with Gasteiger partial charge in [-0.05, 0) is 54.1 Å². The van der Waals surface area contributed by atoms with Gasteiger partial charge in [-0.15, -0.1) is 0 Å². The Kier molecular flexibility index (Phi) is 9.42. The van der Waals surface area contributed by atoms with E-state index < -0.39 is 0 Å². The number of benzene rings is 1. The van der Waals surface area contributed by atoms with Gasteiger partial charge in [-0.25, -0.2) is 0 Å². The fraction of sp³-hybridized carbons (Fsp3) is 0.786. The maximum absolute atomic E-state index is 2.36. The fourth-order valence-electron chi connectivity index (χ4n) is 5.89. The molecule has 2 fully saturated rings. The predicted octanol–water partition coefficient (Wildman–Crippen LogP) is 8.76. The van der Waals surface area contributed by atoms with Gasteiger partial charge < -0.3 is 0 Å². The van der Waals surface area contributed by atoms with Crippen molar-refractivity contribution in [1.82, 2.24) is 0 Å². The Morgan fingerprint density at radius 1 is 0.571 bits per heavy atom. The van der Waals surface area contributed by atoms with Crippen molar-refractivity contribution >= 4 is 0 Å². The molecule has 0 aliphatic heterocycles. The Bertz CT molecular complexity index is 511. The minimum atomic E-state index is 0.996. The normalized spacial score (nSPS) is 28.4. The molecule has 3 rings (SSSR count). The van der Waals surface area contributed by atoms with Gasteiger partial charge in [-0.3, -0.25) is 0 Å². The standard InChI is InChI=1S/C28H46/c1-3-5-6-24-11-13-26(14-12-24)17-18-28-21-19-27(20-22-28)16-15-25-9-7-23(4-2)8-10-25/h7-10,24,26-28H,3-6,11-22H2,1-2H3. The van der Waals surface area contributed by atoms with Crippen LogP contribution in [0.4, 0.5) is 0 Å². The third-order valence-electron chi connectivity index (χ3n) is 8.15. The molecule has 0 heterocycles. The van der Waals surface area contributed by atoms with Gasteiger partial charge in [0.2, 0.25) is 0 Å². The molecule has 0 aromatic heterocycles. The van der Waals surface area contributed by atoms with Crippen molar-refractivity contribution in [3.8, 4) is 0 Å². The summed E-state index contributed by atoms with van der Waals surface area (Å²) in [5, 5.41) is 0. The van der Waals surface area contributed by atoms with Crippen LogP contribution in [0.1, 0.15) is 115 Å². The third-order valence-corrected chi connectivity index (χ3v) is 8.15. The lowest BCUT2D eigenvalue weighted by atomic mass is 9.74. The van der Waals surface area contributed by atoms with Gasteiger partial charge in [-0.1, -0.05) is 122 Å². The number of unbranched alkanes of at least 4 members (excludes halogenated alkanes) is 1. The molecule has 0 radical (unpaired) electrons. The zero-order valence-electron chi connectivity index (χ0n) is 18.9. The fourth-order valence-corrected chi connectivity index (χ4v) is 5.89. The maximum Gasteiger partial charge on any atom is -0.0276 e. The summed E-state index contributed by atoms with van der Waals surface area (Å²) in [7, 11) is 0. The van der Waals surface area contributed by atoms with Gasteiger partial charge >= 0.3 is 0 Å². The van der Waals surface area contributed by atoms with Crippen LogP contribution < -0.4 is 0 Å². The van der Waals surface area contributed by atoms with Crippen molar-refractivity contribution in [2.45, 2.75) is 117 Å². The summed E-state index contributed by atoms with van der Waals surface area (Å²) >= 11 is 0. The van der Waals surface area contributed by atoms with Crippen LogP contribution in [0.15, 0.2) is 24.3 Å². The number of hydrogen-bond donors (Lipinski definition) is 0. The highest BCUT2D eigenvalue weighted by Gasteiger charge is 2.24. The summed E-state index contributed by atoms with van der Waals surface area (Å²) in [5.41, 5.74) is 3.02. The van der Waals surface area contributed by atoms with Crippen LogP contribution in [0, 0.1) is 23.7 Å².